The van der Waals surface area contributed by atoms with Crippen LogP contribution in [0.3, 0.4) is 0 Å². The summed E-state index contributed by atoms with van der Waals surface area (Å²) in [6.45, 7) is 0. The van der Waals surface area contributed by atoms with E-state index in [9.17, 15) is 8.42 Å². The molecule has 0 saturated carbocycles. The maximum Gasteiger partial charge on any atom is 0.405 e. The van der Waals surface area contributed by atoms with Gasteiger partial charge in [-0.1, -0.05) is 0 Å². The van der Waals surface area contributed by atoms with Gasteiger partial charge in [-0.05, 0) is 0 Å². The quantitative estimate of drug-likeness (QED) is 0.251. The Bertz CT molecular complexity index is 203. The van der Waals surface area contributed by atoms with Gasteiger partial charge in [0.15, 0.2) is 0 Å². The first-order chi connectivity index (χ1) is 3.92. The van der Waals surface area contributed by atoms with E-state index in [0.29, 0.717) is 0 Å². The molecule has 9 heavy (non-hydrogen) atoms. The zero-order chi connectivity index (χ0) is 7.49. The maximum atomic E-state index is 10.0. The molecule has 6 heteroatoms. The summed E-state index contributed by atoms with van der Waals surface area (Å²) in [5.41, 5.74) is 0. The van der Waals surface area contributed by atoms with E-state index in [-0.39, 0.29) is 0 Å². The van der Waals surface area contributed by atoms with E-state index in [1.807, 2.05) is 0 Å². The predicted octanol–water partition coefficient (Wildman–Crippen LogP) is -0.213. The summed E-state index contributed by atoms with van der Waals surface area (Å²) in [6.07, 6.45) is 0.988. The minimum absolute atomic E-state index is 0.988. The van der Waals surface area contributed by atoms with Crippen molar-refractivity contribution in [3.63, 3.8) is 0 Å². The van der Waals surface area contributed by atoms with Gasteiger partial charge in [-0.25, -0.2) is 4.58 Å². The highest BCUT2D eigenvalue weighted by Gasteiger charge is 2.02. The second-order valence-electron chi connectivity index (χ2n) is 1.56. The first-order valence-electron chi connectivity index (χ1n) is 2.04. The second-order valence-corrected chi connectivity index (χ2v) is 3.67. The fraction of sp³-hybridized carbons (Fsp3) is 0.667. The highest BCUT2D eigenvalue weighted by Crippen LogP contribution is 1.93. The Morgan fingerprint density at radius 1 is 1.56 bits per heavy atom. The van der Waals surface area contributed by atoms with Crippen LogP contribution in [-0.2, 0) is 13.5 Å². The molecule has 0 spiro atoms. The third-order valence-electron chi connectivity index (χ3n) is 0.369. The Morgan fingerprint density at radius 3 is 2.11 bits per heavy atom. The summed E-state index contributed by atoms with van der Waals surface area (Å²) in [4.78, 5) is 0. The smallest absolute Gasteiger partial charge is 0.317 e. The highest BCUT2D eigenvalue weighted by molar-refractivity contribution is 8.10. The van der Waals surface area contributed by atoms with Crippen LogP contribution in [0.2, 0.25) is 0 Å². The van der Waals surface area contributed by atoms with E-state index in [1.54, 1.807) is 14.1 Å². The van der Waals surface area contributed by atoms with Gasteiger partial charge in [-0.3, -0.25) is 0 Å². The molecule has 0 aromatic carbocycles. The first-order valence-corrected chi connectivity index (χ1v) is 4.28. The van der Waals surface area contributed by atoms with E-state index in [2.05, 4.69) is 14.9 Å². The van der Waals surface area contributed by atoms with E-state index >= 15 is 0 Å². The van der Waals surface area contributed by atoms with Crippen LogP contribution in [0.15, 0.2) is 0 Å². The average molecular weight is 173 g/mol. The lowest BCUT2D eigenvalue weighted by atomic mass is 11.1. The maximum absolute atomic E-state index is 10.0. The van der Waals surface area contributed by atoms with Crippen molar-refractivity contribution in [2.75, 3.05) is 14.1 Å². The predicted molar refractivity (Wildman–Crippen MR) is 34.0 cm³/mol. The van der Waals surface area contributed by atoms with Crippen LogP contribution >= 0.6 is 10.7 Å². The number of rotatable bonds is 2. The van der Waals surface area contributed by atoms with Gasteiger partial charge in [-0.2, -0.15) is 8.42 Å². The van der Waals surface area contributed by atoms with Gasteiger partial charge < -0.3 is 4.18 Å². The molecule has 0 radical (unpaired) electrons. The van der Waals surface area contributed by atoms with Crippen LogP contribution in [0.25, 0.3) is 0 Å². The van der Waals surface area contributed by atoms with E-state index in [0.717, 1.165) is 6.40 Å². The number of hydrogen-bond donors (Lipinski definition) is 0. The van der Waals surface area contributed by atoms with Crippen molar-refractivity contribution in [1.82, 2.24) is 0 Å². The van der Waals surface area contributed by atoms with E-state index in [4.69, 9.17) is 0 Å². The Balaban J connectivity index is 3.95. The van der Waals surface area contributed by atoms with Crippen molar-refractivity contribution >= 4 is 26.4 Å². The number of nitrogens with zero attached hydrogens (tertiary/aromatic N) is 1. The van der Waals surface area contributed by atoms with E-state index < -0.39 is 9.33 Å². The molecule has 0 amide bonds. The van der Waals surface area contributed by atoms with Crippen molar-refractivity contribution in [1.29, 1.82) is 0 Å². The molecule has 0 N–H and O–H groups in total. The molecule has 0 saturated heterocycles. The first kappa shape index (κ1) is 8.71. The van der Waals surface area contributed by atoms with Crippen molar-refractivity contribution in [3.05, 3.63) is 0 Å². The lowest BCUT2D eigenvalue weighted by Gasteiger charge is -1.87. The molecule has 0 aliphatic rings. The van der Waals surface area contributed by atoms with Gasteiger partial charge in [-0.15, -0.1) is 0 Å². The van der Waals surface area contributed by atoms with Crippen molar-refractivity contribution in [2.45, 2.75) is 0 Å². The summed E-state index contributed by atoms with van der Waals surface area (Å²) < 4.78 is 25.5. The van der Waals surface area contributed by atoms with Crippen molar-refractivity contribution in [2.24, 2.45) is 0 Å². The van der Waals surface area contributed by atoms with Crippen LogP contribution in [0.1, 0.15) is 0 Å². The molecule has 0 bridgehead atoms. The van der Waals surface area contributed by atoms with Crippen LogP contribution in [-0.4, -0.2) is 33.5 Å². The summed E-state index contributed by atoms with van der Waals surface area (Å²) in [7, 11) is 4.05. The standard InChI is InChI=1S/C3H7ClNO3S/c1-5(2)3-8-9(4,6)7/h3H,1-2H3/q+1. The van der Waals surface area contributed by atoms with Gasteiger partial charge in [0.2, 0.25) is 0 Å². The Hall–Kier alpha value is -0.290. The fourth-order valence-electron chi connectivity index (χ4n) is 0.137. The number of halogens is 1. The Labute approximate surface area is 58.3 Å². The van der Waals surface area contributed by atoms with Crippen LogP contribution in [0.4, 0.5) is 0 Å². The molecule has 0 aliphatic carbocycles. The molecule has 0 aromatic heterocycles. The molecule has 0 heterocycles. The summed E-state index contributed by atoms with van der Waals surface area (Å²) >= 11 is 0. The van der Waals surface area contributed by atoms with Gasteiger partial charge in [0.05, 0.1) is 10.7 Å². The SMILES string of the molecule is C[N+](C)=COS(=O)(=O)Cl. The zero-order valence-electron chi connectivity index (χ0n) is 5.04. The molecule has 0 rings (SSSR count). The average Bonchev–Trinajstić information content (AvgIpc) is 1.59. The minimum Gasteiger partial charge on any atom is -0.317 e. The second kappa shape index (κ2) is 3.03. The third-order valence-corrected chi connectivity index (χ3v) is 0.903. The molecular weight excluding hydrogens is 166 g/mol. The summed E-state index contributed by atoms with van der Waals surface area (Å²) in [5.74, 6) is 0. The lowest BCUT2D eigenvalue weighted by molar-refractivity contribution is -0.466. The molecule has 0 aromatic rings. The highest BCUT2D eigenvalue weighted by atomic mass is 35.7. The molecule has 0 aliphatic heterocycles. The largest absolute Gasteiger partial charge is 0.405 e. The number of hydrogen-bond acceptors (Lipinski definition) is 3. The molecule has 0 fully saturated rings. The molecule has 0 atom stereocenters. The Morgan fingerprint density at radius 2 is 2.00 bits per heavy atom. The molecular formula is C3H7ClNO3S+. The van der Waals surface area contributed by atoms with Crippen molar-refractivity contribution < 1.29 is 17.2 Å². The molecule has 4 nitrogen and oxygen atoms in total. The monoisotopic (exact) mass is 172 g/mol. The van der Waals surface area contributed by atoms with Gasteiger partial charge in [0.1, 0.15) is 14.1 Å². The van der Waals surface area contributed by atoms with Crippen LogP contribution in [0, 0.1) is 0 Å². The zero-order valence-corrected chi connectivity index (χ0v) is 6.61. The summed E-state index contributed by atoms with van der Waals surface area (Å²) in [6, 6.07) is 0. The Kier molecular flexibility index (Phi) is 2.93. The van der Waals surface area contributed by atoms with Crippen LogP contribution < -0.4 is 0 Å². The van der Waals surface area contributed by atoms with Crippen molar-refractivity contribution in [3.8, 4) is 0 Å². The van der Waals surface area contributed by atoms with Gasteiger partial charge in [0.25, 0.3) is 0 Å². The summed E-state index contributed by atoms with van der Waals surface area (Å²) in [5, 5.41) is 0. The van der Waals surface area contributed by atoms with Gasteiger partial charge in [0, 0.05) is 0 Å². The van der Waals surface area contributed by atoms with Gasteiger partial charge >= 0.3 is 15.7 Å². The normalized spacial score (nSPS) is 10.6. The third kappa shape index (κ3) is 7.71. The topological polar surface area (TPSA) is 46.4 Å². The minimum atomic E-state index is -3.84. The fourth-order valence-corrected chi connectivity index (χ4v) is 0.510. The lowest BCUT2D eigenvalue weighted by Crippen LogP contribution is -2.04. The van der Waals surface area contributed by atoms with E-state index in [1.165, 1.54) is 4.58 Å². The van der Waals surface area contributed by atoms with Crippen LogP contribution in [0.5, 0.6) is 0 Å². The molecule has 54 valence electrons. The molecule has 0 unspecified atom stereocenters.